The Hall–Kier alpha value is -1.15. The predicted molar refractivity (Wildman–Crippen MR) is 42.7 cm³/mol. The molecule has 0 fully saturated rings. The number of hydrogen-bond acceptors (Lipinski definition) is 2. The number of amides is 2. The Morgan fingerprint density at radius 1 is 1.23 bits per heavy atom. The van der Waals surface area contributed by atoms with E-state index in [2.05, 4.69) is 5.43 Å². The molecule has 0 heterocycles. The second kappa shape index (κ2) is 6.37. The van der Waals surface area contributed by atoms with Crippen LogP contribution in [0.3, 0.4) is 0 Å². The minimum absolute atomic E-state index is 0. The molecule has 0 unspecified atom stereocenters. The number of nitrogens with one attached hydrogen (secondary N) is 2. The zero-order chi connectivity index (χ0) is 8.81. The molecule has 0 atom stereocenters. The van der Waals surface area contributed by atoms with E-state index in [-0.39, 0.29) is 27.0 Å². The van der Waals surface area contributed by atoms with Gasteiger partial charge in [0.25, 0.3) is 5.91 Å². The summed E-state index contributed by atoms with van der Waals surface area (Å²) >= 11 is 0. The third-order valence-corrected chi connectivity index (χ3v) is 1.26. The van der Waals surface area contributed by atoms with Crippen molar-refractivity contribution in [2.45, 2.75) is 0 Å². The standard InChI is InChI=1S/C8H7N2O2.W/c11-6-9-10-8(12)7-4-2-1-3-5-7;/h1-5H,(H,9,11)(H,10,12);/q-1;. The van der Waals surface area contributed by atoms with Gasteiger partial charge in [0.05, 0.1) is 0 Å². The number of carbonyl (C=O) groups is 1. The summed E-state index contributed by atoms with van der Waals surface area (Å²) in [6.07, 6.45) is 1.34. The topological polar surface area (TPSA) is 58.2 Å². The van der Waals surface area contributed by atoms with Crippen molar-refractivity contribution in [2.24, 2.45) is 0 Å². The number of hydrogen-bond donors (Lipinski definition) is 2. The Balaban J connectivity index is 0.00000144. The molecule has 13 heavy (non-hydrogen) atoms. The van der Waals surface area contributed by atoms with Crippen molar-refractivity contribution < 1.29 is 30.7 Å². The van der Waals surface area contributed by atoms with Crippen molar-refractivity contribution in [3.05, 3.63) is 35.9 Å². The Bertz CT molecular complexity index is 277. The van der Waals surface area contributed by atoms with Crippen molar-refractivity contribution in [3.63, 3.8) is 0 Å². The smallest absolute Gasteiger partial charge is 0.267 e. The second-order valence-corrected chi connectivity index (χ2v) is 2.05. The molecule has 0 saturated carbocycles. The van der Waals surface area contributed by atoms with Crippen LogP contribution >= 0.6 is 0 Å². The van der Waals surface area contributed by atoms with E-state index in [1.54, 1.807) is 30.3 Å². The normalized spacial score (nSPS) is 8.00. The Morgan fingerprint density at radius 2 is 1.85 bits per heavy atom. The molecule has 1 aromatic carbocycles. The van der Waals surface area contributed by atoms with Gasteiger partial charge in [0.2, 0.25) is 0 Å². The van der Waals surface area contributed by atoms with E-state index < -0.39 is 0 Å². The van der Waals surface area contributed by atoms with Crippen LogP contribution in [-0.4, -0.2) is 12.3 Å². The molecule has 1 rings (SSSR count). The van der Waals surface area contributed by atoms with Gasteiger partial charge in [-0.2, -0.15) is 0 Å². The summed E-state index contributed by atoms with van der Waals surface area (Å²) in [7, 11) is 0. The van der Waals surface area contributed by atoms with Gasteiger partial charge in [0.15, 0.2) is 0 Å². The third-order valence-electron chi connectivity index (χ3n) is 1.26. The summed E-state index contributed by atoms with van der Waals surface area (Å²) < 4.78 is 0. The summed E-state index contributed by atoms with van der Waals surface area (Å²) in [5.41, 5.74) is 4.56. The molecule has 5 heteroatoms. The maximum Gasteiger partial charge on any atom is 0.267 e. The van der Waals surface area contributed by atoms with Gasteiger partial charge in [-0.1, -0.05) is 18.2 Å². The molecular weight excluding hydrogens is 340 g/mol. The summed E-state index contributed by atoms with van der Waals surface area (Å²) in [5.74, 6) is -0.362. The van der Waals surface area contributed by atoms with Crippen LogP contribution in [0.5, 0.6) is 0 Å². The van der Waals surface area contributed by atoms with Crippen molar-refractivity contribution in [3.8, 4) is 0 Å². The van der Waals surface area contributed by atoms with Crippen molar-refractivity contribution in [1.82, 2.24) is 10.9 Å². The fourth-order valence-electron chi connectivity index (χ4n) is 0.744. The number of carbonyl (C=O) groups excluding carboxylic acids is 2. The van der Waals surface area contributed by atoms with Gasteiger partial charge in [0.1, 0.15) is 0 Å². The largest absolute Gasteiger partial charge is 0.518 e. The first kappa shape index (κ1) is 11.8. The van der Waals surface area contributed by atoms with E-state index in [9.17, 15) is 9.59 Å². The molecule has 0 radical (unpaired) electrons. The van der Waals surface area contributed by atoms with E-state index in [4.69, 9.17) is 0 Å². The predicted octanol–water partition coefficient (Wildman–Crippen LogP) is -0.0143. The third kappa shape index (κ3) is 3.85. The number of hydrazine groups is 1. The van der Waals surface area contributed by atoms with Gasteiger partial charge < -0.3 is 10.2 Å². The second-order valence-electron chi connectivity index (χ2n) is 2.05. The van der Waals surface area contributed by atoms with Gasteiger partial charge in [0, 0.05) is 26.6 Å². The van der Waals surface area contributed by atoms with Gasteiger partial charge >= 0.3 is 0 Å². The van der Waals surface area contributed by atoms with Crippen LogP contribution in [0.2, 0.25) is 0 Å². The van der Waals surface area contributed by atoms with Crippen LogP contribution in [0.15, 0.2) is 30.3 Å². The Labute approximate surface area is 89.9 Å². The maximum atomic E-state index is 11.1. The first-order valence-electron chi connectivity index (χ1n) is 3.32. The molecule has 0 bridgehead atoms. The zero-order valence-electron chi connectivity index (χ0n) is 6.61. The summed E-state index contributed by atoms with van der Waals surface area (Å²) in [6.45, 7) is 0. The maximum absolute atomic E-state index is 11.1. The minimum Gasteiger partial charge on any atom is -0.518 e. The molecular formula is C8H7N2O2W-. The Kier molecular flexibility index (Phi) is 5.81. The fraction of sp³-hybridized carbons (Fsp3) is 0. The van der Waals surface area contributed by atoms with Crippen LogP contribution in [-0.2, 0) is 25.9 Å². The molecule has 0 aromatic heterocycles. The molecule has 0 aliphatic heterocycles. The first-order valence-corrected chi connectivity index (χ1v) is 3.32. The molecule has 1 aromatic rings. The monoisotopic (exact) mass is 347 g/mol. The number of benzene rings is 1. The van der Waals surface area contributed by atoms with Crippen molar-refractivity contribution in [2.75, 3.05) is 0 Å². The number of rotatable bonds is 3. The quantitative estimate of drug-likeness (QED) is 0.459. The molecule has 0 spiro atoms. The van der Waals surface area contributed by atoms with Crippen LogP contribution in [0.25, 0.3) is 0 Å². The van der Waals surface area contributed by atoms with Crippen LogP contribution in [0.1, 0.15) is 10.4 Å². The Morgan fingerprint density at radius 3 is 2.38 bits per heavy atom. The molecule has 68 valence electrons. The average Bonchev–Trinajstić information content (AvgIpc) is 2.15. The molecule has 2 amide bonds. The van der Waals surface area contributed by atoms with E-state index in [0.29, 0.717) is 5.56 Å². The summed E-state index contributed by atoms with van der Waals surface area (Å²) in [6, 6.07) is 8.55. The van der Waals surface area contributed by atoms with Gasteiger partial charge in [-0.05, 0) is 12.1 Å². The van der Waals surface area contributed by atoms with E-state index in [1.165, 1.54) is 6.41 Å². The zero-order valence-corrected chi connectivity index (χ0v) is 9.54. The van der Waals surface area contributed by atoms with Crippen molar-refractivity contribution in [1.29, 1.82) is 0 Å². The summed E-state index contributed by atoms with van der Waals surface area (Å²) in [5, 5.41) is 0. The van der Waals surface area contributed by atoms with Crippen LogP contribution < -0.4 is 10.9 Å². The van der Waals surface area contributed by atoms with Gasteiger partial charge in [-0.15, -0.1) is 6.41 Å². The summed E-state index contributed by atoms with van der Waals surface area (Å²) in [4.78, 5) is 20.7. The molecule has 0 saturated heterocycles. The molecule has 2 N–H and O–H groups in total. The van der Waals surface area contributed by atoms with Crippen molar-refractivity contribution >= 4 is 12.3 Å². The van der Waals surface area contributed by atoms with Crippen LogP contribution in [0, 0.1) is 0 Å². The molecule has 0 aliphatic carbocycles. The SMILES string of the molecule is O=[C-]NNC(=O)c1ccccc1.[W]. The van der Waals surface area contributed by atoms with E-state index >= 15 is 0 Å². The van der Waals surface area contributed by atoms with Crippen LogP contribution in [0.4, 0.5) is 0 Å². The fourth-order valence-corrected chi connectivity index (χ4v) is 0.744. The molecule has 4 nitrogen and oxygen atoms in total. The first-order chi connectivity index (χ1) is 5.84. The minimum atomic E-state index is -0.362. The van der Waals surface area contributed by atoms with E-state index in [0.717, 1.165) is 0 Å². The van der Waals surface area contributed by atoms with Gasteiger partial charge in [-0.25, -0.2) is 0 Å². The van der Waals surface area contributed by atoms with Gasteiger partial charge in [-0.3, -0.25) is 10.2 Å². The molecule has 0 aliphatic rings. The average molecular weight is 347 g/mol. The van der Waals surface area contributed by atoms with E-state index in [1.807, 2.05) is 5.43 Å².